The predicted molar refractivity (Wildman–Crippen MR) is 137 cm³/mol. The van der Waals surface area contributed by atoms with E-state index in [2.05, 4.69) is 10.6 Å². The Hall–Kier alpha value is -3.97. The summed E-state index contributed by atoms with van der Waals surface area (Å²) in [6.45, 7) is 6.17. The number of rotatable bonds is 8. The molecule has 0 fully saturated rings. The maximum absolute atomic E-state index is 13.2. The highest BCUT2D eigenvalue weighted by molar-refractivity contribution is 6.35. The van der Waals surface area contributed by atoms with E-state index in [-0.39, 0.29) is 11.7 Å². The Morgan fingerprint density at radius 1 is 0.857 bits per heavy atom. The molecule has 1 aromatic heterocycles. The first kappa shape index (κ1) is 24.2. The first-order chi connectivity index (χ1) is 16.9. The molecule has 4 rings (SSSR count). The van der Waals surface area contributed by atoms with Crippen molar-refractivity contribution in [1.29, 1.82) is 0 Å². The molecule has 2 N–H and O–H groups in total. The molecule has 0 aliphatic heterocycles. The van der Waals surface area contributed by atoms with E-state index in [1.54, 1.807) is 55.5 Å². The van der Waals surface area contributed by atoms with Crippen molar-refractivity contribution in [3.8, 4) is 11.5 Å². The van der Waals surface area contributed by atoms with Crippen LogP contribution in [0.4, 0.5) is 11.4 Å². The van der Waals surface area contributed by atoms with E-state index >= 15 is 0 Å². The number of para-hydroxylation sites is 1. The van der Waals surface area contributed by atoms with Gasteiger partial charge in [-0.25, -0.2) is 0 Å². The van der Waals surface area contributed by atoms with Gasteiger partial charge in [-0.2, -0.15) is 0 Å². The van der Waals surface area contributed by atoms with E-state index in [1.807, 2.05) is 26.0 Å². The summed E-state index contributed by atoms with van der Waals surface area (Å²) in [5.74, 6) is 0.161. The number of carbonyl (C=O) groups excluding carboxylic acids is 2. The molecule has 2 amide bonds. The molecular formula is C27H25ClN2O5. The van der Waals surface area contributed by atoms with Crippen LogP contribution in [-0.4, -0.2) is 25.0 Å². The molecule has 0 aliphatic rings. The van der Waals surface area contributed by atoms with E-state index in [0.717, 1.165) is 5.39 Å². The van der Waals surface area contributed by atoms with Crippen LogP contribution in [0.15, 0.2) is 65.1 Å². The predicted octanol–water partition coefficient (Wildman–Crippen LogP) is 6.70. The van der Waals surface area contributed by atoms with Crippen molar-refractivity contribution in [2.24, 2.45) is 0 Å². The molecule has 0 atom stereocenters. The van der Waals surface area contributed by atoms with Crippen molar-refractivity contribution >= 4 is 45.8 Å². The topological polar surface area (TPSA) is 89.8 Å². The average Bonchev–Trinajstić information content (AvgIpc) is 3.20. The van der Waals surface area contributed by atoms with Gasteiger partial charge >= 0.3 is 0 Å². The quantitative estimate of drug-likeness (QED) is 0.286. The van der Waals surface area contributed by atoms with Crippen molar-refractivity contribution in [2.45, 2.75) is 20.8 Å². The van der Waals surface area contributed by atoms with Crippen LogP contribution in [0.5, 0.6) is 11.5 Å². The second kappa shape index (κ2) is 10.5. The largest absolute Gasteiger partial charge is 0.492 e. The molecule has 0 spiro atoms. The van der Waals surface area contributed by atoms with Gasteiger partial charge in [-0.05, 0) is 39.0 Å². The smallest absolute Gasteiger partial charge is 0.291 e. The lowest BCUT2D eigenvalue weighted by Gasteiger charge is -2.17. The number of amides is 2. The molecule has 0 aliphatic carbocycles. The average molecular weight is 493 g/mol. The summed E-state index contributed by atoms with van der Waals surface area (Å²) in [6, 6.07) is 17.5. The van der Waals surface area contributed by atoms with E-state index < -0.39 is 5.91 Å². The standard InChI is InChI=1S/C27H25ClN2O5/c1-4-33-22-15-21(30-27(32)24-16(3)18-12-9-13-19(28)25(18)35-24)23(34-5-2)14-20(22)29-26(31)17-10-7-6-8-11-17/h6-15H,4-5H2,1-3H3,(H,29,31)(H,30,32). The van der Waals surface area contributed by atoms with Gasteiger partial charge in [0.25, 0.3) is 11.8 Å². The molecule has 3 aromatic carbocycles. The summed E-state index contributed by atoms with van der Waals surface area (Å²) in [6.07, 6.45) is 0. The highest BCUT2D eigenvalue weighted by atomic mass is 35.5. The number of hydrogen-bond acceptors (Lipinski definition) is 5. The summed E-state index contributed by atoms with van der Waals surface area (Å²) in [7, 11) is 0. The van der Waals surface area contributed by atoms with Crippen LogP contribution < -0.4 is 20.1 Å². The van der Waals surface area contributed by atoms with Crippen molar-refractivity contribution < 1.29 is 23.5 Å². The van der Waals surface area contributed by atoms with Crippen LogP contribution in [0.2, 0.25) is 5.02 Å². The molecule has 180 valence electrons. The maximum atomic E-state index is 13.2. The summed E-state index contributed by atoms with van der Waals surface area (Å²) in [5, 5.41) is 6.91. The Balaban J connectivity index is 1.68. The zero-order valence-corrected chi connectivity index (χ0v) is 20.4. The van der Waals surface area contributed by atoms with Crippen LogP contribution in [0.3, 0.4) is 0 Å². The van der Waals surface area contributed by atoms with Crippen LogP contribution in [0, 0.1) is 6.92 Å². The fourth-order valence-electron chi connectivity index (χ4n) is 3.69. The second-order valence-electron chi connectivity index (χ2n) is 7.66. The van der Waals surface area contributed by atoms with E-state index in [4.69, 9.17) is 25.5 Å². The highest BCUT2D eigenvalue weighted by Crippen LogP contribution is 2.38. The summed E-state index contributed by atoms with van der Waals surface area (Å²) in [5.41, 5.74) is 2.44. The van der Waals surface area contributed by atoms with Crippen molar-refractivity contribution in [3.05, 3.63) is 82.6 Å². The molecular weight excluding hydrogens is 468 g/mol. The van der Waals surface area contributed by atoms with Gasteiger partial charge in [0.1, 0.15) is 11.5 Å². The van der Waals surface area contributed by atoms with Crippen molar-refractivity contribution in [2.75, 3.05) is 23.8 Å². The van der Waals surface area contributed by atoms with Gasteiger partial charge in [0, 0.05) is 28.6 Å². The highest BCUT2D eigenvalue weighted by Gasteiger charge is 2.22. The molecule has 7 nitrogen and oxygen atoms in total. The van der Waals surface area contributed by atoms with Gasteiger partial charge in [0.15, 0.2) is 11.3 Å². The minimum atomic E-state index is -0.459. The van der Waals surface area contributed by atoms with Gasteiger partial charge in [0.05, 0.1) is 29.6 Å². The van der Waals surface area contributed by atoms with Crippen molar-refractivity contribution in [1.82, 2.24) is 0 Å². The third-order valence-corrected chi connectivity index (χ3v) is 5.63. The molecule has 4 aromatic rings. The molecule has 0 saturated heterocycles. The molecule has 0 saturated carbocycles. The monoisotopic (exact) mass is 492 g/mol. The fraction of sp³-hybridized carbons (Fsp3) is 0.185. The zero-order chi connectivity index (χ0) is 24.9. The number of benzene rings is 3. The molecule has 0 bridgehead atoms. The Morgan fingerprint density at radius 2 is 1.46 bits per heavy atom. The Bertz CT molecular complexity index is 1380. The first-order valence-corrected chi connectivity index (χ1v) is 11.6. The van der Waals surface area contributed by atoms with Gasteiger partial charge in [-0.1, -0.05) is 41.9 Å². The van der Waals surface area contributed by atoms with E-state index in [0.29, 0.717) is 57.8 Å². The lowest BCUT2D eigenvalue weighted by Crippen LogP contribution is -2.16. The van der Waals surface area contributed by atoms with Crippen LogP contribution in [-0.2, 0) is 0 Å². The number of carbonyl (C=O) groups is 2. The van der Waals surface area contributed by atoms with Gasteiger partial charge in [-0.3, -0.25) is 9.59 Å². The lowest BCUT2D eigenvalue weighted by molar-refractivity contribution is 0.0995. The van der Waals surface area contributed by atoms with Crippen LogP contribution >= 0.6 is 11.6 Å². The number of ether oxygens (including phenoxy) is 2. The third-order valence-electron chi connectivity index (χ3n) is 5.34. The van der Waals surface area contributed by atoms with Crippen LogP contribution in [0.1, 0.15) is 40.3 Å². The fourth-order valence-corrected chi connectivity index (χ4v) is 3.91. The van der Waals surface area contributed by atoms with Gasteiger partial charge in [-0.15, -0.1) is 0 Å². The minimum absolute atomic E-state index is 0.148. The number of aryl methyl sites for hydroxylation is 1. The number of hydrogen-bond donors (Lipinski definition) is 2. The molecule has 0 radical (unpaired) electrons. The van der Waals surface area contributed by atoms with E-state index in [9.17, 15) is 9.59 Å². The number of nitrogens with one attached hydrogen (secondary N) is 2. The van der Waals surface area contributed by atoms with Crippen LogP contribution in [0.25, 0.3) is 11.0 Å². The number of furan rings is 1. The maximum Gasteiger partial charge on any atom is 0.291 e. The van der Waals surface area contributed by atoms with E-state index in [1.165, 1.54) is 0 Å². The number of fused-ring (bicyclic) bond motifs is 1. The minimum Gasteiger partial charge on any atom is -0.492 e. The van der Waals surface area contributed by atoms with Gasteiger partial charge < -0.3 is 24.5 Å². The molecule has 0 unspecified atom stereocenters. The normalized spacial score (nSPS) is 10.7. The Labute approximate surface area is 208 Å². The molecule has 1 heterocycles. The summed E-state index contributed by atoms with van der Waals surface area (Å²) >= 11 is 6.24. The molecule has 35 heavy (non-hydrogen) atoms. The zero-order valence-electron chi connectivity index (χ0n) is 19.6. The molecule has 8 heteroatoms. The first-order valence-electron chi connectivity index (χ1n) is 11.2. The Morgan fingerprint density at radius 3 is 2.03 bits per heavy atom. The van der Waals surface area contributed by atoms with Crippen molar-refractivity contribution in [3.63, 3.8) is 0 Å². The Kier molecular flexibility index (Phi) is 7.27. The second-order valence-corrected chi connectivity index (χ2v) is 8.06. The summed E-state index contributed by atoms with van der Waals surface area (Å²) in [4.78, 5) is 25.9. The third kappa shape index (κ3) is 5.10. The van der Waals surface area contributed by atoms with Gasteiger partial charge in [0.2, 0.25) is 0 Å². The number of halogens is 1. The number of anilines is 2. The summed E-state index contributed by atoms with van der Waals surface area (Å²) < 4.78 is 17.3. The SMILES string of the molecule is CCOc1cc(NC(=O)c2oc3c(Cl)cccc3c2C)c(OCC)cc1NC(=O)c1ccccc1. The lowest BCUT2D eigenvalue weighted by atomic mass is 10.1.